The SMILES string of the molecule is CCCCC(CCC)Nc1nc(Cl)ncc1[N+](=O)[O-]. The van der Waals surface area contributed by atoms with E-state index < -0.39 is 4.92 Å². The van der Waals surface area contributed by atoms with Gasteiger partial charge in [-0.25, -0.2) is 4.98 Å². The third kappa shape index (κ3) is 4.98. The van der Waals surface area contributed by atoms with Gasteiger partial charge in [0.25, 0.3) is 0 Å². The standard InChI is InChI=1S/C12H19ClN4O2/c1-3-5-7-9(6-4-2)15-11-10(17(18)19)8-14-12(13)16-11/h8-9H,3-7H2,1-2H3,(H,14,15,16). The molecule has 0 saturated carbocycles. The topological polar surface area (TPSA) is 81.0 Å². The zero-order chi connectivity index (χ0) is 14.3. The fourth-order valence-electron chi connectivity index (χ4n) is 1.87. The molecular formula is C12H19ClN4O2. The Bertz CT molecular complexity index is 428. The van der Waals surface area contributed by atoms with E-state index in [1.807, 2.05) is 0 Å². The van der Waals surface area contributed by atoms with E-state index in [2.05, 4.69) is 29.1 Å². The van der Waals surface area contributed by atoms with Crippen LogP contribution in [-0.2, 0) is 0 Å². The Morgan fingerprint density at radius 2 is 2.16 bits per heavy atom. The van der Waals surface area contributed by atoms with Gasteiger partial charge in [0.1, 0.15) is 6.20 Å². The Morgan fingerprint density at radius 3 is 2.74 bits per heavy atom. The minimum absolute atomic E-state index is 0.0128. The summed E-state index contributed by atoms with van der Waals surface area (Å²) < 4.78 is 0. The maximum atomic E-state index is 10.9. The average Bonchev–Trinajstić information content (AvgIpc) is 2.36. The molecule has 6 nitrogen and oxygen atoms in total. The zero-order valence-corrected chi connectivity index (χ0v) is 12.0. The van der Waals surface area contributed by atoms with E-state index in [4.69, 9.17) is 11.6 Å². The lowest BCUT2D eigenvalue weighted by Crippen LogP contribution is -2.21. The van der Waals surface area contributed by atoms with E-state index in [9.17, 15) is 10.1 Å². The second-order valence-electron chi connectivity index (χ2n) is 4.40. The van der Waals surface area contributed by atoms with Crippen LogP contribution in [0.15, 0.2) is 6.20 Å². The molecule has 0 amide bonds. The maximum Gasteiger partial charge on any atom is 0.329 e. The van der Waals surface area contributed by atoms with Crippen molar-refractivity contribution in [3.63, 3.8) is 0 Å². The number of nitro groups is 1. The van der Waals surface area contributed by atoms with Crippen molar-refractivity contribution >= 4 is 23.1 Å². The van der Waals surface area contributed by atoms with Crippen molar-refractivity contribution in [1.82, 2.24) is 9.97 Å². The van der Waals surface area contributed by atoms with E-state index in [1.54, 1.807) is 0 Å². The molecule has 1 aromatic heterocycles. The largest absolute Gasteiger partial charge is 0.361 e. The molecule has 0 aromatic carbocycles. The van der Waals surface area contributed by atoms with Gasteiger partial charge in [0, 0.05) is 6.04 Å². The summed E-state index contributed by atoms with van der Waals surface area (Å²) in [6, 6.07) is 0.176. The summed E-state index contributed by atoms with van der Waals surface area (Å²) in [4.78, 5) is 18.0. The second-order valence-corrected chi connectivity index (χ2v) is 4.74. The first-order valence-electron chi connectivity index (χ1n) is 6.51. The molecule has 0 aliphatic rings. The predicted octanol–water partition coefficient (Wildman–Crippen LogP) is 3.81. The van der Waals surface area contributed by atoms with Crippen LogP contribution in [0, 0.1) is 10.1 Å². The van der Waals surface area contributed by atoms with Crippen LogP contribution in [0.3, 0.4) is 0 Å². The smallest absolute Gasteiger partial charge is 0.329 e. The van der Waals surface area contributed by atoms with Crippen LogP contribution in [-0.4, -0.2) is 20.9 Å². The van der Waals surface area contributed by atoms with Gasteiger partial charge in [-0.3, -0.25) is 10.1 Å². The quantitative estimate of drug-likeness (QED) is 0.446. The van der Waals surface area contributed by atoms with Crippen molar-refractivity contribution in [2.75, 3.05) is 5.32 Å². The first-order chi connectivity index (χ1) is 9.08. The van der Waals surface area contributed by atoms with Crippen LogP contribution in [0.1, 0.15) is 46.0 Å². The highest BCUT2D eigenvalue weighted by Gasteiger charge is 2.19. The van der Waals surface area contributed by atoms with Crippen LogP contribution in [0.2, 0.25) is 5.28 Å². The Balaban J connectivity index is 2.87. The van der Waals surface area contributed by atoms with Crippen molar-refractivity contribution in [1.29, 1.82) is 0 Å². The van der Waals surface area contributed by atoms with Crippen LogP contribution < -0.4 is 5.32 Å². The number of aromatic nitrogens is 2. The van der Waals surface area contributed by atoms with Gasteiger partial charge < -0.3 is 5.32 Å². The first kappa shape index (κ1) is 15.6. The molecule has 106 valence electrons. The fourth-order valence-corrected chi connectivity index (χ4v) is 2.01. The minimum Gasteiger partial charge on any atom is -0.361 e. The Labute approximate surface area is 117 Å². The summed E-state index contributed by atoms with van der Waals surface area (Å²) in [6.45, 7) is 4.20. The molecule has 1 rings (SSSR count). The molecule has 19 heavy (non-hydrogen) atoms. The molecule has 0 fully saturated rings. The normalized spacial score (nSPS) is 12.2. The zero-order valence-electron chi connectivity index (χ0n) is 11.2. The molecule has 0 bridgehead atoms. The van der Waals surface area contributed by atoms with E-state index in [0.29, 0.717) is 0 Å². The molecule has 0 aliphatic carbocycles. The van der Waals surface area contributed by atoms with Gasteiger partial charge in [0.15, 0.2) is 0 Å². The Hall–Kier alpha value is -1.43. The van der Waals surface area contributed by atoms with Gasteiger partial charge >= 0.3 is 5.69 Å². The van der Waals surface area contributed by atoms with Gasteiger partial charge in [-0.15, -0.1) is 0 Å². The third-order valence-corrected chi connectivity index (χ3v) is 3.00. The molecule has 1 atom stereocenters. The number of unbranched alkanes of at least 4 members (excludes halogenated alkanes) is 1. The predicted molar refractivity (Wildman–Crippen MR) is 75.5 cm³/mol. The van der Waals surface area contributed by atoms with Crippen LogP contribution in [0.4, 0.5) is 11.5 Å². The molecule has 0 spiro atoms. The third-order valence-electron chi connectivity index (χ3n) is 2.82. The van der Waals surface area contributed by atoms with E-state index >= 15 is 0 Å². The number of nitrogens with one attached hydrogen (secondary N) is 1. The monoisotopic (exact) mass is 286 g/mol. The summed E-state index contributed by atoms with van der Waals surface area (Å²) in [5.74, 6) is 0.208. The van der Waals surface area contributed by atoms with E-state index in [0.717, 1.165) is 38.3 Å². The number of hydrogen-bond acceptors (Lipinski definition) is 5. The van der Waals surface area contributed by atoms with Crippen LogP contribution in [0.5, 0.6) is 0 Å². The van der Waals surface area contributed by atoms with E-state index in [-0.39, 0.29) is 22.8 Å². The van der Waals surface area contributed by atoms with Crippen LogP contribution in [0.25, 0.3) is 0 Å². The molecule has 1 heterocycles. The highest BCUT2D eigenvalue weighted by atomic mass is 35.5. The van der Waals surface area contributed by atoms with Gasteiger partial charge in [0.2, 0.25) is 11.1 Å². The average molecular weight is 287 g/mol. The summed E-state index contributed by atoms with van der Waals surface area (Å²) in [5.41, 5.74) is -0.137. The molecule has 1 unspecified atom stereocenters. The lowest BCUT2D eigenvalue weighted by Gasteiger charge is -2.18. The van der Waals surface area contributed by atoms with Gasteiger partial charge in [-0.2, -0.15) is 4.98 Å². The second kappa shape index (κ2) is 7.89. The van der Waals surface area contributed by atoms with Gasteiger partial charge in [-0.1, -0.05) is 33.1 Å². The van der Waals surface area contributed by atoms with E-state index in [1.165, 1.54) is 0 Å². The lowest BCUT2D eigenvalue weighted by molar-refractivity contribution is -0.384. The van der Waals surface area contributed by atoms with Gasteiger partial charge in [0.05, 0.1) is 4.92 Å². The molecule has 0 aliphatic heterocycles. The van der Waals surface area contributed by atoms with Crippen molar-refractivity contribution in [3.8, 4) is 0 Å². The number of nitrogens with zero attached hydrogens (tertiary/aromatic N) is 3. The Kier molecular flexibility index (Phi) is 6.49. The van der Waals surface area contributed by atoms with Crippen molar-refractivity contribution in [2.45, 2.75) is 52.0 Å². The molecule has 0 saturated heterocycles. The molecule has 7 heteroatoms. The highest BCUT2D eigenvalue weighted by Crippen LogP contribution is 2.24. The maximum absolute atomic E-state index is 10.9. The molecular weight excluding hydrogens is 268 g/mol. The summed E-state index contributed by atoms with van der Waals surface area (Å²) in [5, 5.41) is 14.1. The fraction of sp³-hybridized carbons (Fsp3) is 0.667. The number of anilines is 1. The summed E-state index contributed by atoms with van der Waals surface area (Å²) in [7, 11) is 0. The van der Waals surface area contributed by atoms with Crippen LogP contribution >= 0.6 is 11.6 Å². The number of rotatable bonds is 8. The number of hydrogen-bond donors (Lipinski definition) is 1. The van der Waals surface area contributed by atoms with Crippen molar-refractivity contribution < 1.29 is 4.92 Å². The summed E-state index contributed by atoms with van der Waals surface area (Å²) >= 11 is 5.70. The number of halogens is 1. The highest BCUT2D eigenvalue weighted by molar-refractivity contribution is 6.28. The van der Waals surface area contributed by atoms with Gasteiger partial charge in [-0.05, 0) is 24.4 Å². The summed E-state index contributed by atoms with van der Waals surface area (Å²) in [6.07, 6.45) is 6.22. The molecule has 0 radical (unpaired) electrons. The van der Waals surface area contributed by atoms with Crippen molar-refractivity contribution in [2.24, 2.45) is 0 Å². The lowest BCUT2D eigenvalue weighted by atomic mass is 10.1. The Morgan fingerprint density at radius 1 is 1.42 bits per heavy atom. The molecule has 1 N–H and O–H groups in total. The minimum atomic E-state index is -0.499. The first-order valence-corrected chi connectivity index (χ1v) is 6.89. The van der Waals surface area contributed by atoms with Crippen molar-refractivity contribution in [3.05, 3.63) is 21.6 Å². The molecule has 1 aromatic rings.